The predicted molar refractivity (Wildman–Crippen MR) is 97.2 cm³/mol. The summed E-state index contributed by atoms with van der Waals surface area (Å²) in [6.45, 7) is 5.20. The minimum absolute atomic E-state index is 0.0907. The Balaban J connectivity index is 1.75. The Bertz CT molecular complexity index is 698. The summed E-state index contributed by atoms with van der Waals surface area (Å²) in [5.41, 5.74) is 1.43. The fourth-order valence-corrected chi connectivity index (χ4v) is 5.22. The number of hydrogen-bond acceptors (Lipinski definition) is 5. The Hall–Kier alpha value is -1.14. The lowest BCUT2D eigenvalue weighted by atomic mass is 9.89. The zero-order valence-electron chi connectivity index (χ0n) is 13.7. The number of rotatable bonds is 6. The van der Waals surface area contributed by atoms with Crippen molar-refractivity contribution in [3.63, 3.8) is 0 Å². The van der Waals surface area contributed by atoms with E-state index < -0.39 is 0 Å². The number of aromatic nitrogens is 2. The van der Waals surface area contributed by atoms with Crippen LogP contribution < -0.4 is 5.32 Å². The lowest BCUT2D eigenvalue weighted by Crippen LogP contribution is -2.26. The number of nitrogens with zero attached hydrogens (tertiary/aromatic N) is 2. The number of fused-ring (bicyclic) bond motifs is 3. The number of carbonyl (C=O) groups is 1. The van der Waals surface area contributed by atoms with Crippen molar-refractivity contribution in [3.8, 4) is 0 Å². The first-order valence-corrected chi connectivity index (χ1v) is 10.1. The van der Waals surface area contributed by atoms with Crippen molar-refractivity contribution in [1.29, 1.82) is 0 Å². The molecule has 0 radical (unpaired) electrons. The van der Waals surface area contributed by atoms with Crippen molar-refractivity contribution < 1.29 is 4.79 Å². The quantitative estimate of drug-likeness (QED) is 0.489. The highest BCUT2D eigenvalue weighted by atomic mass is 32.2. The molecule has 1 aliphatic rings. The average molecular weight is 350 g/mol. The maximum Gasteiger partial charge on any atom is 0.230 e. The molecule has 0 saturated heterocycles. The lowest BCUT2D eigenvalue weighted by Gasteiger charge is -2.18. The highest BCUT2D eigenvalue weighted by Gasteiger charge is 2.23. The smallest absolute Gasteiger partial charge is 0.230 e. The highest BCUT2D eigenvalue weighted by molar-refractivity contribution is 8.00. The molecular formula is C17H23N3OS2. The van der Waals surface area contributed by atoms with Crippen LogP contribution in [0.25, 0.3) is 10.2 Å². The molecule has 0 aromatic carbocycles. The Morgan fingerprint density at radius 2 is 2.35 bits per heavy atom. The SMILES string of the molecule is CCCCNC(=O)CSc1ncnc2sc3c(c12)CC[C@H](C)C3. The molecule has 0 saturated carbocycles. The maximum atomic E-state index is 11.9. The van der Waals surface area contributed by atoms with Gasteiger partial charge in [-0.1, -0.05) is 32.0 Å². The standard InChI is InChI=1S/C17H23N3OS2/c1-3-4-7-18-14(21)9-22-16-15-12-6-5-11(2)8-13(12)23-17(15)20-10-19-16/h10-11H,3-9H2,1-2H3,(H,18,21)/t11-/m0/s1. The Labute approximate surface area is 145 Å². The summed E-state index contributed by atoms with van der Waals surface area (Å²) in [5.74, 6) is 1.27. The maximum absolute atomic E-state index is 11.9. The lowest BCUT2D eigenvalue weighted by molar-refractivity contribution is -0.118. The molecule has 2 heterocycles. The van der Waals surface area contributed by atoms with E-state index in [0.717, 1.165) is 48.0 Å². The second-order valence-corrected chi connectivity index (χ2v) is 8.25. The van der Waals surface area contributed by atoms with E-state index in [4.69, 9.17) is 0 Å². The molecule has 2 aromatic rings. The van der Waals surface area contributed by atoms with Crippen LogP contribution in [0.2, 0.25) is 0 Å². The van der Waals surface area contributed by atoms with E-state index in [1.807, 2.05) is 0 Å². The van der Waals surface area contributed by atoms with Gasteiger partial charge in [0.05, 0.1) is 5.75 Å². The van der Waals surface area contributed by atoms with Gasteiger partial charge in [0, 0.05) is 16.8 Å². The van der Waals surface area contributed by atoms with E-state index in [2.05, 4.69) is 29.1 Å². The Morgan fingerprint density at radius 3 is 3.17 bits per heavy atom. The molecule has 124 valence electrons. The molecule has 3 rings (SSSR count). The van der Waals surface area contributed by atoms with Crippen LogP contribution >= 0.6 is 23.1 Å². The number of carbonyl (C=O) groups excluding carboxylic acids is 1. The van der Waals surface area contributed by atoms with E-state index >= 15 is 0 Å². The number of thiophene rings is 1. The van der Waals surface area contributed by atoms with Crippen molar-refractivity contribution in [2.75, 3.05) is 12.3 Å². The van der Waals surface area contributed by atoms with Gasteiger partial charge in [-0.05, 0) is 37.2 Å². The van der Waals surface area contributed by atoms with Gasteiger partial charge >= 0.3 is 0 Å². The molecule has 0 unspecified atom stereocenters. The summed E-state index contributed by atoms with van der Waals surface area (Å²) in [5, 5.41) is 5.13. The van der Waals surface area contributed by atoms with E-state index in [0.29, 0.717) is 5.75 Å². The third kappa shape index (κ3) is 3.86. The van der Waals surface area contributed by atoms with Crippen molar-refractivity contribution >= 4 is 39.2 Å². The number of hydrogen-bond donors (Lipinski definition) is 1. The molecule has 0 bridgehead atoms. The summed E-state index contributed by atoms with van der Waals surface area (Å²) < 4.78 is 0. The van der Waals surface area contributed by atoms with Crippen molar-refractivity contribution in [2.24, 2.45) is 5.92 Å². The first-order chi connectivity index (χ1) is 11.2. The van der Waals surface area contributed by atoms with Gasteiger partial charge in [0.15, 0.2) is 0 Å². The van der Waals surface area contributed by atoms with Crippen LogP contribution in [0.5, 0.6) is 0 Å². The number of unbranched alkanes of at least 4 members (excludes halogenated alkanes) is 1. The molecule has 4 nitrogen and oxygen atoms in total. The number of amides is 1. The second kappa shape index (κ2) is 7.62. The predicted octanol–water partition coefficient (Wildman–Crippen LogP) is 3.82. The normalized spacial score (nSPS) is 17.2. The molecule has 2 aromatic heterocycles. The van der Waals surface area contributed by atoms with Gasteiger partial charge in [0.25, 0.3) is 0 Å². The summed E-state index contributed by atoms with van der Waals surface area (Å²) in [6.07, 6.45) is 7.25. The summed E-state index contributed by atoms with van der Waals surface area (Å²) in [4.78, 5) is 23.4. The van der Waals surface area contributed by atoms with Gasteiger partial charge in [-0.2, -0.15) is 0 Å². The number of nitrogens with one attached hydrogen (secondary N) is 1. The number of aryl methyl sites for hydroxylation is 1. The molecule has 0 fully saturated rings. The molecule has 1 amide bonds. The molecule has 1 aliphatic carbocycles. The minimum Gasteiger partial charge on any atom is -0.355 e. The van der Waals surface area contributed by atoms with Crippen LogP contribution in [0, 0.1) is 5.92 Å². The number of thioether (sulfide) groups is 1. The van der Waals surface area contributed by atoms with Gasteiger partial charge < -0.3 is 5.32 Å². The molecule has 0 aliphatic heterocycles. The van der Waals surface area contributed by atoms with Crippen LogP contribution in [-0.2, 0) is 17.6 Å². The van der Waals surface area contributed by atoms with Crippen LogP contribution in [0.15, 0.2) is 11.4 Å². The third-order valence-electron chi connectivity index (χ3n) is 4.25. The summed E-state index contributed by atoms with van der Waals surface area (Å²) >= 11 is 3.34. The fourth-order valence-electron chi connectivity index (χ4n) is 2.95. The van der Waals surface area contributed by atoms with Gasteiger partial charge in [0.1, 0.15) is 16.2 Å². The molecular weight excluding hydrogens is 326 g/mol. The van der Waals surface area contributed by atoms with Gasteiger partial charge in [-0.25, -0.2) is 9.97 Å². The van der Waals surface area contributed by atoms with Crippen molar-refractivity contribution in [2.45, 2.75) is 51.0 Å². The van der Waals surface area contributed by atoms with Crippen LogP contribution in [0.3, 0.4) is 0 Å². The van der Waals surface area contributed by atoms with Gasteiger partial charge in [0.2, 0.25) is 5.91 Å². The van der Waals surface area contributed by atoms with E-state index in [1.165, 1.54) is 34.0 Å². The van der Waals surface area contributed by atoms with Crippen molar-refractivity contribution in [3.05, 3.63) is 16.8 Å². The van der Waals surface area contributed by atoms with Crippen LogP contribution in [0.4, 0.5) is 0 Å². The molecule has 23 heavy (non-hydrogen) atoms. The minimum atomic E-state index is 0.0907. The van der Waals surface area contributed by atoms with E-state index in [9.17, 15) is 4.79 Å². The van der Waals surface area contributed by atoms with E-state index in [1.54, 1.807) is 17.7 Å². The molecule has 1 N–H and O–H groups in total. The topological polar surface area (TPSA) is 54.9 Å². The third-order valence-corrected chi connectivity index (χ3v) is 6.40. The monoisotopic (exact) mass is 349 g/mol. The van der Waals surface area contributed by atoms with E-state index in [-0.39, 0.29) is 5.91 Å². The average Bonchev–Trinajstić information content (AvgIpc) is 2.91. The molecule has 0 spiro atoms. The summed E-state index contributed by atoms with van der Waals surface area (Å²) in [6, 6.07) is 0. The largest absolute Gasteiger partial charge is 0.355 e. The van der Waals surface area contributed by atoms with Gasteiger partial charge in [-0.3, -0.25) is 4.79 Å². The van der Waals surface area contributed by atoms with Crippen molar-refractivity contribution in [1.82, 2.24) is 15.3 Å². The summed E-state index contributed by atoms with van der Waals surface area (Å²) in [7, 11) is 0. The fraction of sp³-hybridized carbons (Fsp3) is 0.588. The van der Waals surface area contributed by atoms with Gasteiger partial charge in [-0.15, -0.1) is 11.3 Å². The van der Waals surface area contributed by atoms with Crippen LogP contribution in [0.1, 0.15) is 43.6 Å². The molecule has 1 atom stereocenters. The Kier molecular flexibility index (Phi) is 5.54. The first-order valence-electron chi connectivity index (χ1n) is 8.33. The second-order valence-electron chi connectivity index (χ2n) is 6.20. The molecule has 6 heteroatoms. The zero-order chi connectivity index (χ0) is 16.2. The highest BCUT2D eigenvalue weighted by Crippen LogP contribution is 2.40. The van der Waals surface area contributed by atoms with Crippen LogP contribution in [-0.4, -0.2) is 28.2 Å². The Morgan fingerprint density at radius 1 is 1.48 bits per heavy atom. The first kappa shape index (κ1) is 16.7. The zero-order valence-corrected chi connectivity index (χ0v) is 15.4.